The third-order valence-corrected chi connectivity index (χ3v) is 4.35. The number of allylic oxidation sites excluding steroid dienone is 1. The van der Waals surface area contributed by atoms with Gasteiger partial charge in [0.25, 0.3) is 0 Å². The number of nitrogens with one attached hydrogen (secondary N) is 1. The first-order chi connectivity index (χ1) is 10.6. The maximum atomic E-state index is 11.9. The van der Waals surface area contributed by atoms with Gasteiger partial charge in [0, 0.05) is 24.3 Å². The van der Waals surface area contributed by atoms with E-state index in [0.29, 0.717) is 12.2 Å². The lowest BCUT2D eigenvalue weighted by Crippen LogP contribution is -2.26. The van der Waals surface area contributed by atoms with Crippen LogP contribution < -0.4 is 10.2 Å². The van der Waals surface area contributed by atoms with Crippen molar-refractivity contribution in [3.8, 4) is 0 Å². The smallest absolute Gasteiger partial charge is 0.324 e. The number of carbonyl (C=O) groups excluding carboxylic acids is 1. The maximum Gasteiger partial charge on any atom is 0.324 e. The molecule has 0 saturated carbocycles. The average molecular weight is 315 g/mol. The highest BCUT2D eigenvalue weighted by molar-refractivity contribution is 7.15. The summed E-state index contributed by atoms with van der Waals surface area (Å²) in [7, 11) is 0. The summed E-state index contributed by atoms with van der Waals surface area (Å²) in [5.74, 6) is 0.602. The van der Waals surface area contributed by atoms with E-state index >= 15 is 0 Å². The van der Waals surface area contributed by atoms with Crippen LogP contribution in [0.25, 0.3) is 0 Å². The molecule has 1 aliphatic rings. The summed E-state index contributed by atoms with van der Waals surface area (Å²) < 4.78 is 0. The van der Waals surface area contributed by atoms with Crippen molar-refractivity contribution in [2.24, 2.45) is 0 Å². The van der Waals surface area contributed by atoms with Crippen molar-refractivity contribution < 1.29 is 9.72 Å². The molecule has 3 rings (SSSR count). The summed E-state index contributed by atoms with van der Waals surface area (Å²) in [6.07, 6.45) is 2.40. The maximum absolute atomic E-state index is 11.9. The van der Waals surface area contributed by atoms with Gasteiger partial charge in [0.15, 0.2) is 0 Å². The molecule has 0 saturated heterocycles. The Kier molecular flexibility index (Phi) is 3.64. The van der Waals surface area contributed by atoms with Crippen molar-refractivity contribution in [3.63, 3.8) is 0 Å². The molecular formula is C15H13N3O3S. The predicted octanol–water partition coefficient (Wildman–Crippen LogP) is 3.52. The van der Waals surface area contributed by atoms with E-state index in [0.717, 1.165) is 27.6 Å². The summed E-state index contributed by atoms with van der Waals surface area (Å²) >= 11 is 1.14. The van der Waals surface area contributed by atoms with Gasteiger partial charge in [0.05, 0.1) is 16.3 Å². The fraction of sp³-hybridized carbons (Fsp3) is 0.133. The number of benzene rings is 1. The van der Waals surface area contributed by atoms with E-state index in [2.05, 4.69) is 5.32 Å². The van der Waals surface area contributed by atoms with Crippen LogP contribution in [-0.2, 0) is 11.2 Å². The molecule has 112 valence electrons. The zero-order valence-electron chi connectivity index (χ0n) is 11.8. The Morgan fingerprint density at radius 3 is 2.82 bits per heavy atom. The Morgan fingerprint density at radius 1 is 1.36 bits per heavy atom. The minimum absolute atomic E-state index is 0.0825. The summed E-state index contributed by atoms with van der Waals surface area (Å²) in [4.78, 5) is 24.7. The number of nitrogens with zero attached hydrogens (tertiary/aromatic N) is 2. The van der Waals surface area contributed by atoms with Crippen molar-refractivity contribution in [1.82, 2.24) is 0 Å². The molecular weight excluding hydrogens is 302 g/mol. The van der Waals surface area contributed by atoms with Crippen molar-refractivity contribution >= 4 is 33.6 Å². The Bertz CT molecular complexity index is 782. The molecule has 0 unspecified atom stereocenters. The van der Waals surface area contributed by atoms with Gasteiger partial charge in [-0.15, -0.1) is 0 Å². The Labute approximate surface area is 130 Å². The van der Waals surface area contributed by atoms with Crippen LogP contribution in [0, 0.1) is 10.1 Å². The second-order valence-electron chi connectivity index (χ2n) is 4.79. The van der Waals surface area contributed by atoms with Gasteiger partial charge in [-0.05, 0) is 24.3 Å². The van der Waals surface area contributed by atoms with Crippen LogP contribution in [0.5, 0.6) is 0 Å². The number of rotatable bonds is 3. The van der Waals surface area contributed by atoms with Crippen LogP contribution >= 0.6 is 11.3 Å². The van der Waals surface area contributed by atoms with Gasteiger partial charge in [-0.2, -0.15) is 0 Å². The number of fused-ring (bicyclic) bond motifs is 1. The fourth-order valence-corrected chi connectivity index (χ4v) is 3.13. The highest BCUT2D eigenvalue weighted by Gasteiger charge is 2.26. The lowest BCUT2D eigenvalue weighted by molar-refractivity contribution is -0.380. The molecule has 1 aromatic heterocycles. The molecule has 1 N–H and O–H groups in total. The fourth-order valence-electron chi connectivity index (χ4n) is 2.35. The van der Waals surface area contributed by atoms with Gasteiger partial charge < -0.3 is 5.32 Å². The van der Waals surface area contributed by atoms with Crippen LogP contribution in [0.15, 0.2) is 48.3 Å². The van der Waals surface area contributed by atoms with Crippen LogP contribution in [0.3, 0.4) is 0 Å². The molecule has 0 spiro atoms. The standard InChI is InChI=1S/C15H13N3O3S/c1-10(19)17-13-5-3-2-4-12(13)16-14(17)8-6-11-7-9-15(22-11)18(20)21/h2-5,7-9,16H,6H2,1H3/b14-8+. The normalized spacial score (nSPS) is 14.8. The van der Waals surface area contributed by atoms with Gasteiger partial charge in [-0.25, -0.2) is 0 Å². The summed E-state index contributed by atoms with van der Waals surface area (Å²) in [6, 6.07) is 10.8. The zero-order chi connectivity index (χ0) is 15.7. The van der Waals surface area contributed by atoms with Gasteiger partial charge in [0.2, 0.25) is 5.91 Å². The lowest BCUT2D eigenvalue weighted by atomic mass is 10.2. The van der Waals surface area contributed by atoms with Crippen molar-refractivity contribution in [3.05, 3.63) is 63.3 Å². The average Bonchev–Trinajstić information content (AvgIpc) is 3.09. The molecule has 1 aromatic carbocycles. The first kappa shape index (κ1) is 14.3. The van der Waals surface area contributed by atoms with Crippen LogP contribution in [0.1, 0.15) is 11.8 Å². The number of para-hydroxylation sites is 2. The van der Waals surface area contributed by atoms with E-state index in [9.17, 15) is 14.9 Å². The summed E-state index contributed by atoms with van der Waals surface area (Å²) in [6.45, 7) is 1.51. The number of amides is 1. The summed E-state index contributed by atoms with van der Waals surface area (Å²) in [5.41, 5.74) is 1.69. The van der Waals surface area contributed by atoms with Gasteiger partial charge in [-0.1, -0.05) is 23.5 Å². The molecule has 7 heteroatoms. The molecule has 0 bridgehead atoms. The Hall–Kier alpha value is -2.67. The number of thiophene rings is 1. The van der Waals surface area contributed by atoms with Gasteiger partial charge in [0.1, 0.15) is 5.82 Å². The van der Waals surface area contributed by atoms with Crippen LogP contribution in [0.2, 0.25) is 0 Å². The van der Waals surface area contributed by atoms with Gasteiger partial charge >= 0.3 is 5.00 Å². The van der Waals surface area contributed by atoms with Crippen molar-refractivity contribution in [2.45, 2.75) is 13.3 Å². The highest BCUT2D eigenvalue weighted by Crippen LogP contribution is 2.36. The number of nitro groups is 1. The minimum atomic E-state index is -0.396. The van der Waals surface area contributed by atoms with E-state index < -0.39 is 4.92 Å². The molecule has 6 nitrogen and oxygen atoms in total. The number of hydrogen-bond donors (Lipinski definition) is 1. The van der Waals surface area contributed by atoms with E-state index in [1.54, 1.807) is 11.0 Å². The first-order valence-corrected chi connectivity index (χ1v) is 7.48. The predicted molar refractivity (Wildman–Crippen MR) is 86.0 cm³/mol. The minimum Gasteiger partial charge on any atom is -0.340 e. The third kappa shape index (κ3) is 2.58. The third-order valence-electron chi connectivity index (χ3n) is 3.29. The van der Waals surface area contributed by atoms with E-state index in [1.165, 1.54) is 13.0 Å². The zero-order valence-corrected chi connectivity index (χ0v) is 12.6. The quantitative estimate of drug-likeness (QED) is 0.694. The second-order valence-corrected chi connectivity index (χ2v) is 5.93. The SMILES string of the molecule is CC(=O)N1/C(=C/Cc2ccc([N+](=O)[O-])s2)Nc2ccccc21. The molecule has 2 heterocycles. The van der Waals surface area contributed by atoms with Crippen molar-refractivity contribution in [2.75, 3.05) is 10.2 Å². The molecule has 0 atom stereocenters. The number of hydrogen-bond acceptors (Lipinski definition) is 5. The lowest BCUT2D eigenvalue weighted by Gasteiger charge is -2.15. The topological polar surface area (TPSA) is 75.5 Å². The monoisotopic (exact) mass is 315 g/mol. The summed E-state index contributed by atoms with van der Waals surface area (Å²) in [5, 5.41) is 14.0. The molecule has 1 aliphatic heterocycles. The number of anilines is 2. The molecule has 22 heavy (non-hydrogen) atoms. The molecule has 0 fully saturated rings. The van der Waals surface area contributed by atoms with Gasteiger partial charge in [-0.3, -0.25) is 19.8 Å². The van der Waals surface area contributed by atoms with E-state index in [-0.39, 0.29) is 10.9 Å². The van der Waals surface area contributed by atoms with Crippen LogP contribution in [0.4, 0.5) is 16.4 Å². The molecule has 0 aliphatic carbocycles. The molecule has 2 aromatic rings. The molecule has 0 radical (unpaired) electrons. The van der Waals surface area contributed by atoms with E-state index in [1.807, 2.05) is 30.3 Å². The number of carbonyl (C=O) groups is 1. The Morgan fingerprint density at radius 2 is 2.14 bits per heavy atom. The van der Waals surface area contributed by atoms with E-state index in [4.69, 9.17) is 0 Å². The largest absolute Gasteiger partial charge is 0.340 e. The molecule has 1 amide bonds. The first-order valence-electron chi connectivity index (χ1n) is 6.66. The Balaban J connectivity index is 1.84. The van der Waals surface area contributed by atoms with Crippen molar-refractivity contribution in [1.29, 1.82) is 0 Å². The second kappa shape index (κ2) is 5.61. The van der Waals surface area contributed by atoms with Crippen LogP contribution in [-0.4, -0.2) is 10.8 Å². The highest BCUT2D eigenvalue weighted by atomic mass is 32.1.